The minimum Gasteiger partial charge on any atom is -0.496 e. The van der Waals surface area contributed by atoms with Crippen molar-refractivity contribution in [3.05, 3.63) is 116 Å². The van der Waals surface area contributed by atoms with E-state index in [-0.39, 0.29) is 11.5 Å². The number of nitrogens with zero attached hydrogens (tertiary/aromatic N) is 4. The lowest BCUT2D eigenvalue weighted by atomic mass is 10.2. The van der Waals surface area contributed by atoms with Gasteiger partial charge in [0.15, 0.2) is 0 Å². The third-order valence-corrected chi connectivity index (χ3v) is 6.90. The Balaban J connectivity index is 1.54. The van der Waals surface area contributed by atoms with Gasteiger partial charge in [0.25, 0.3) is 11.5 Å². The molecule has 0 radical (unpaired) electrons. The highest BCUT2D eigenvalue weighted by Gasteiger charge is 2.21. The number of pyridine rings is 2. The Morgan fingerprint density at radius 2 is 1.92 bits per heavy atom. The first kappa shape index (κ1) is 24.5. The minimum atomic E-state index is -0.389. The lowest BCUT2D eigenvalue weighted by molar-refractivity contribution is 0.0945. The molecule has 4 heterocycles. The second-order valence-corrected chi connectivity index (χ2v) is 9.87. The van der Waals surface area contributed by atoms with E-state index < -0.39 is 0 Å². The summed E-state index contributed by atoms with van der Waals surface area (Å²) in [5, 5.41) is 7.82. The van der Waals surface area contributed by atoms with E-state index in [1.54, 1.807) is 59.4 Å². The minimum absolute atomic E-state index is 0.237. The fourth-order valence-electron chi connectivity index (χ4n) is 3.88. The Hall–Kier alpha value is -4.21. The third kappa shape index (κ3) is 5.32. The predicted octanol–water partition coefficient (Wildman–Crippen LogP) is 5.18. The fraction of sp³-hybridized carbons (Fsp3) is 0.111. The number of ether oxygens (including phenoxy) is 1. The zero-order valence-electron chi connectivity index (χ0n) is 19.8. The maximum Gasteiger partial charge on any atom is 0.283 e. The SMILES string of the molecule is COc1ccccc1C(=O)n1nc(-c2cccn(Cc3ccccn3)c2=O)cc1NCc1ccc(Cl)s1. The molecule has 0 unspecified atom stereocenters. The fourth-order valence-corrected chi connectivity index (χ4v) is 4.90. The highest BCUT2D eigenvalue weighted by molar-refractivity contribution is 7.16. The van der Waals surface area contributed by atoms with Crippen molar-refractivity contribution in [2.24, 2.45) is 0 Å². The molecule has 0 bridgehead atoms. The van der Waals surface area contributed by atoms with E-state index in [4.69, 9.17) is 16.3 Å². The smallest absolute Gasteiger partial charge is 0.283 e. The van der Waals surface area contributed by atoms with Crippen LogP contribution in [0.5, 0.6) is 5.75 Å². The molecule has 0 aliphatic carbocycles. The van der Waals surface area contributed by atoms with Crippen LogP contribution < -0.4 is 15.6 Å². The van der Waals surface area contributed by atoms with Crippen molar-refractivity contribution in [2.75, 3.05) is 12.4 Å². The summed E-state index contributed by atoms with van der Waals surface area (Å²) in [7, 11) is 1.51. The van der Waals surface area contributed by atoms with E-state index in [2.05, 4.69) is 15.4 Å². The van der Waals surface area contributed by atoms with Crippen LogP contribution in [-0.2, 0) is 13.1 Å². The van der Waals surface area contributed by atoms with Gasteiger partial charge >= 0.3 is 0 Å². The first-order valence-corrected chi connectivity index (χ1v) is 12.6. The molecule has 0 aliphatic heterocycles. The number of rotatable bonds is 8. The summed E-state index contributed by atoms with van der Waals surface area (Å²) >= 11 is 7.52. The lowest BCUT2D eigenvalue weighted by Crippen LogP contribution is -2.22. The quantitative estimate of drug-likeness (QED) is 0.297. The van der Waals surface area contributed by atoms with E-state index in [1.165, 1.54) is 23.1 Å². The number of carbonyl (C=O) groups is 1. The maximum atomic E-state index is 13.6. The largest absolute Gasteiger partial charge is 0.496 e. The Morgan fingerprint density at radius 1 is 1.08 bits per heavy atom. The summed E-state index contributed by atoms with van der Waals surface area (Å²) in [5.74, 6) is 0.480. The van der Waals surface area contributed by atoms with Crippen molar-refractivity contribution >= 4 is 34.7 Å². The molecule has 5 rings (SSSR count). The topological polar surface area (TPSA) is 91.0 Å². The molecule has 0 spiro atoms. The Bertz CT molecular complexity index is 1610. The van der Waals surface area contributed by atoms with E-state index >= 15 is 0 Å². The van der Waals surface area contributed by atoms with Gasteiger partial charge in [0, 0.05) is 23.3 Å². The van der Waals surface area contributed by atoms with Crippen LogP contribution in [0, 0.1) is 0 Å². The van der Waals surface area contributed by atoms with Gasteiger partial charge in [0.1, 0.15) is 17.3 Å². The molecule has 0 saturated heterocycles. The average Bonchev–Trinajstić information content (AvgIpc) is 3.54. The van der Waals surface area contributed by atoms with Gasteiger partial charge in [-0.1, -0.05) is 29.8 Å². The second kappa shape index (κ2) is 10.8. The number of carbonyl (C=O) groups excluding carboxylic acids is 1. The Morgan fingerprint density at radius 3 is 2.68 bits per heavy atom. The molecule has 0 amide bonds. The highest BCUT2D eigenvalue weighted by Crippen LogP contribution is 2.26. The first-order valence-electron chi connectivity index (χ1n) is 11.4. The van der Waals surface area contributed by atoms with E-state index in [1.807, 2.05) is 30.3 Å². The molecule has 10 heteroatoms. The number of methoxy groups -OCH3 is 1. The van der Waals surface area contributed by atoms with Crippen LogP contribution in [0.15, 0.2) is 90.0 Å². The standard InChI is InChI=1S/C27H22ClN5O3S/c1-36-23-10-3-2-8-21(23)27(35)33-25(30-16-19-11-12-24(28)37-19)15-22(31-33)20-9-6-14-32(26(20)34)17-18-7-4-5-13-29-18/h2-15,30H,16-17H2,1H3. The van der Waals surface area contributed by atoms with Crippen LogP contribution in [-0.4, -0.2) is 32.3 Å². The number of halogens is 1. The molecular formula is C27H22ClN5O3S. The molecule has 0 fully saturated rings. The molecule has 186 valence electrons. The molecule has 8 nitrogen and oxygen atoms in total. The summed E-state index contributed by atoms with van der Waals surface area (Å²) in [5.41, 5.74) is 1.61. The lowest BCUT2D eigenvalue weighted by Gasteiger charge is -2.10. The van der Waals surface area contributed by atoms with Gasteiger partial charge in [-0.2, -0.15) is 9.78 Å². The van der Waals surface area contributed by atoms with Gasteiger partial charge in [0.05, 0.1) is 41.4 Å². The zero-order valence-corrected chi connectivity index (χ0v) is 21.4. The molecule has 5 aromatic rings. The van der Waals surface area contributed by atoms with Gasteiger partial charge < -0.3 is 14.6 Å². The zero-order chi connectivity index (χ0) is 25.8. The summed E-state index contributed by atoms with van der Waals surface area (Å²) in [4.78, 5) is 32.2. The number of hydrogen-bond acceptors (Lipinski definition) is 7. The monoisotopic (exact) mass is 531 g/mol. The normalized spacial score (nSPS) is 10.9. The van der Waals surface area contributed by atoms with E-state index in [0.717, 1.165) is 10.6 Å². The van der Waals surface area contributed by atoms with Crippen LogP contribution >= 0.6 is 22.9 Å². The van der Waals surface area contributed by atoms with Crippen LogP contribution in [0.2, 0.25) is 4.34 Å². The number of aromatic nitrogens is 4. The van der Waals surface area contributed by atoms with Crippen LogP contribution in [0.25, 0.3) is 11.3 Å². The molecule has 37 heavy (non-hydrogen) atoms. The van der Waals surface area contributed by atoms with E-state index in [0.29, 0.717) is 45.8 Å². The summed E-state index contributed by atoms with van der Waals surface area (Å²) < 4.78 is 8.89. The highest BCUT2D eigenvalue weighted by atomic mass is 35.5. The third-order valence-electron chi connectivity index (χ3n) is 5.67. The number of para-hydroxylation sites is 1. The van der Waals surface area contributed by atoms with Crippen molar-refractivity contribution < 1.29 is 9.53 Å². The van der Waals surface area contributed by atoms with Crippen LogP contribution in [0.1, 0.15) is 20.9 Å². The van der Waals surface area contributed by atoms with Crippen molar-refractivity contribution in [3.63, 3.8) is 0 Å². The molecule has 4 aromatic heterocycles. The van der Waals surface area contributed by atoms with Gasteiger partial charge in [-0.3, -0.25) is 14.6 Å². The van der Waals surface area contributed by atoms with Gasteiger partial charge in [-0.25, -0.2) is 0 Å². The number of hydrogen-bond donors (Lipinski definition) is 1. The van der Waals surface area contributed by atoms with Crippen molar-refractivity contribution in [3.8, 4) is 17.0 Å². The molecule has 0 atom stereocenters. The first-order chi connectivity index (χ1) is 18.0. The van der Waals surface area contributed by atoms with Gasteiger partial charge in [-0.05, 0) is 48.5 Å². The molecule has 0 aliphatic rings. The van der Waals surface area contributed by atoms with E-state index in [9.17, 15) is 9.59 Å². The summed E-state index contributed by atoms with van der Waals surface area (Å²) in [6, 6.07) is 21.4. The summed E-state index contributed by atoms with van der Waals surface area (Å²) in [6.45, 7) is 0.749. The summed E-state index contributed by atoms with van der Waals surface area (Å²) in [6.07, 6.45) is 3.39. The molecule has 0 saturated carbocycles. The number of benzene rings is 1. The van der Waals surface area contributed by atoms with Crippen molar-refractivity contribution in [1.29, 1.82) is 0 Å². The van der Waals surface area contributed by atoms with Crippen molar-refractivity contribution in [1.82, 2.24) is 19.3 Å². The second-order valence-electron chi connectivity index (χ2n) is 8.07. The van der Waals surface area contributed by atoms with Crippen LogP contribution in [0.4, 0.5) is 5.82 Å². The van der Waals surface area contributed by atoms with Crippen LogP contribution in [0.3, 0.4) is 0 Å². The molecule has 1 aromatic carbocycles. The van der Waals surface area contributed by atoms with Gasteiger partial charge in [-0.15, -0.1) is 11.3 Å². The Kier molecular flexibility index (Phi) is 7.16. The maximum absolute atomic E-state index is 13.6. The average molecular weight is 532 g/mol. The number of nitrogens with one attached hydrogen (secondary N) is 1. The molecular weight excluding hydrogens is 510 g/mol. The van der Waals surface area contributed by atoms with Gasteiger partial charge in [0.2, 0.25) is 0 Å². The predicted molar refractivity (Wildman–Crippen MR) is 145 cm³/mol. The van der Waals surface area contributed by atoms with Crippen molar-refractivity contribution in [2.45, 2.75) is 13.1 Å². The Labute approximate surface area is 221 Å². The number of thiophene rings is 1. The number of anilines is 1. The molecule has 1 N–H and O–H groups in total.